The van der Waals surface area contributed by atoms with Crippen LogP contribution in [0.4, 0.5) is 0 Å². The molecule has 0 radical (unpaired) electrons. The van der Waals surface area contributed by atoms with Gasteiger partial charge in [-0.15, -0.1) is 24.8 Å². The predicted octanol–water partition coefficient (Wildman–Crippen LogP) is 2.87. The van der Waals surface area contributed by atoms with Gasteiger partial charge in [0.1, 0.15) is 0 Å². The van der Waals surface area contributed by atoms with Gasteiger partial charge in [0.25, 0.3) is 5.91 Å². The summed E-state index contributed by atoms with van der Waals surface area (Å²) in [6.07, 6.45) is 9.18. The Hall–Kier alpha value is -0.840. The second kappa shape index (κ2) is 8.14. The first-order valence-electron chi connectivity index (χ1n) is 7.61. The molecule has 3 rings (SSSR count). The Morgan fingerprint density at radius 1 is 1.23 bits per heavy atom. The van der Waals surface area contributed by atoms with E-state index in [0.717, 1.165) is 18.4 Å². The van der Waals surface area contributed by atoms with Crippen molar-refractivity contribution in [3.05, 3.63) is 29.6 Å². The van der Waals surface area contributed by atoms with Gasteiger partial charge in [-0.2, -0.15) is 0 Å². The molecule has 1 aromatic heterocycles. The van der Waals surface area contributed by atoms with Crippen molar-refractivity contribution < 1.29 is 4.79 Å². The van der Waals surface area contributed by atoms with Gasteiger partial charge in [-0.1, -0.05) is 6.42 Å². The molecule has 0 spiro atoms. The molecule has 1 amide bonds. The second-order valence-corrected chi connectivity index (χ2v) is 6.43. The fourth-order valence-corrected chi connectivity index (χ4v) is 3.94. The third kappa shape index (κ3) is 4.12. The molecule has 124 valence electrons. The molecular weight excluding hydrogens is 321 g/mol. The number of rotatable bonds is 2. The summed E-state index contributed by atoms with van der Waals surface area (Å²) in [5.74, 6) is 1.12. The van der Waals surface area contributed by atoms with Crippen molar-refractivity contribution in [3.8, 4) is 0 Å². The van der Waals surface area contributed by atoms with E-state index in [4.69, 9.17) is 5.73 Å². The smallest absolute Gasteiger partial charge is 0.253 e. The molecule has 22 heavy (non-hydrogen) atoms. The molecule has 1 aromatic rings. The Balaban J connectivity index is 0.00000121. The fourth-order valence-electron chi connectivity index (χ4n) is 3.94. The first-order valence-corrected chi connectivity index (χ1v) is 7.61. The summed E-state index contributed by atoms with van der Waals surface area (Å²) >= 11 is 0. The third-order valence-corrected chi connectivity index (χ3v) is 4.81. The van der Waals surface area contributed by atoms with Gasteiger partial charge < -0.3 is 11.1 Å². The Kier molecular flexibility index (Phi) is 7.10. The molecule has 2 aliphatic carbocycles. The van der Waals surface area contributed by atoms with Crippen molar-refractivity contribution in [2.24, 2.45) is 17.6 Å². The minimum Gasteiger partial charge on any atom is -0.349 e. The van der Waals surface area contributed by atoms with E-state index in [1.165, 1.54) is 19.3 Å². The van der Waals surface area contributed by atoms with E-state index in [1.807, 2.05) is 13.0 Å². The van der Waals surface area contributed by atoms with E-state index >= 15 is 0 Å². The normalized spacial score (nSPS) is 29.7. The number of pyridine rings is 1. The van der Waals surface area contributed by atoms with Gasteiger partial charge in [0, 0.05) is 24.5 Å². The highest BCUT2D eigenvalue weighted by Gasteiger charge is 2.39. The van der Waals surface area contributed by atoms with E-state index in [2.05, 4.69) is 10.3 Å². The second-order valence-electron chi connectivity index (χ2n) is 6.43. The lowest BCUT2D eigenvalue weighted by atomic mass is 9.67. The van der Waals surface area contributed by atoms with E-state index < -0.39 is 0 Å². The molecule has 2 bridgehead atoms. The number of nitrogens with two attached hydrogens (primary N) is 1. The van der Waals surface area contributed by atoms with E-state index in [-0.39, 0.29) is 30.7 Å². The molecule has 0 saturated heterocycles. The average molecular weight is 346 g/mol. The quantitative estimate of drug-likeness (QED) is 0.865. The molecule has 1 heterocycles. The van der Waals surface area contributed by atoms with Gasteiger partial charge in [-0.05, 0) is 56.1 Å². The van der Waals surface area contributed by atoms with Gasteiger partial charge in [-0.25, -0.2) is 0 Å². The molecule has 0 aliphatic heterocycles. The maximum Gasteiger partial charge on any atom is 0.253 e. The highest BCUT2D eigenvalue weighted by Crippen LogP contribution is 2.39. The maximum absolute atomic E-state index is 12.4. The summed E-state index contributed by atoms with van der Waals surface area (Å²) < 4.78 is 0. The molecule has 2 fully saturated rings. The number of nitrogens with zero attached hydrogens (tertiary/aromatic N) is 1. The first kappa shape index (κ1) is 19.2. The first-order chi connectivity index (χ1) is 9.63. The van der Waals surface area contributed by atoms with Crippen LogP contribution in [0.3, 0.4) is 0 Å². The summed E-state index contributed by atoms with van der Waals surface area (Å²) in [5, 5.41) is 3.25. The zero-order valence-corrected chi connectivity index (χ0v) is 14.5. The van der Waals surface area contributed by atoms with Crippen molar-refractivity contribution in [1.82, 2.24) is 10.3 Å². The number of carbonyl (C=O) groups excluding carboxylic acids is 1. The van der Waals surface area contributed by atoms with Crippen LogP contribution >= 0.6 is 24.8 Å². The number of amides is 1. The van der Waals surface area contributed by atoms with Gasteiger partial charge in [-0.3, -0.25) is 9.78 Å². The third-order valence-electron chi connectivity index (χ3n) is 4.81. The SMILES string of the molecule is Cc1cncc(C(=O)NC2C3CCCC2CC(N)C3)c1.Cl.Cl. The molecule has 4 nitrogen and oxygen atoms in total. The standard InChI is InChI=1S/C16H23N3O.2ClH/c1-10-5-13(9-18-8-10)16(20)19-15-11-3-2-4-12(15)7-14(17)6-11;;/h5,8-9,11-12,14-15H,2-4,6-7,17H2,1H3,(H,19,20);2*1H. The lowest BCUT2D eigenvalue weighted by molar-refractivity contribution is 0.0755. The van der Waals surface area contributed by atoms with Crippen LogP contribution in [-0.2, 0) is 0 Å². The van der Waals surface area contributed by atoms with Crippen LogP contribution in [0, 0.1) is 18.8 Å². The van der Waals surface area contributed by atoms with Gasteiger partial charge in [0.2, 0.25) is 0 Å². The molecule has 6 heteroatoms. The molecule has 2 atom stereocenters. The van der Waals surface area contributed by atoms with E-state index in [0.29, 0.717) is 29.5 Å². The Morgan fingerprint density at radius 2 is 1.86 bits per heavy atom. The van der Waals surface area contributed by atoms with Crippen LogP contribution in [0.1, 0.15) is 48.0 Å². The summed E-state index contributed by atoms with van der Waals surface area (Å²) in [4.78, 5) is 16.5. The monoisotopic (exact) mass is 345 g/mol. The van der Waals surface area contributed by atoms with Crippen LogP contribution in [-0.4, -0.2) is 23.0 Å². The summed E-state index contributed by atoms with van der Waals surface area (Å²) in [5.41, 5.74) is 7.81. The Labute approximate surface area is 144 Å². The molecule has 2 saturated carbocycles. The van der Waals surface area contributed by atoms with Gasteiger partial charge in [0.05, 0.1) is 5.56 Å². The maximum atomic E-state index is 12.4. The lowest BCUT2D eigenvalue weighted by Crippen LogP contribution is -2.53. The van der Waals surface area contributed by atoms with Crippen molar-refractivity contribution in [3.63, 3.8) is 0 Å². The van der Waals surface area contributed by atoms with Gasteiger partial charge >= 0.3 is 0 Å². The van der Waals surface area contributed by atoms with Crippen LogP contribution in [0.25, 0.3) is 0 Å². The lowest BCUT2D eigenvalue weighted by Gasteiger charge is -2.45. The molecule has 2 unspecified atom stereocenters. The number of halogens is 2. The Bertz CT molecular complexity index is 498. The van der Waals surface area contributed by atoms with Crippen molar-refractivity contribution in [2.45, 2.75) is 51.1 Å². The number of carbonyl (C=O) groups is 1. The molecule has 3 N–H and O–H groups in total. The number of aryl methyl sites for hydroxylation is 1. The van der Waals surface area contributed by atoms with Crippen LogP contribution in [0.5, 0.6) is 0 Å². The van der Waals surface area contributed by atoms with Crippen molar-refractivity contribution in [1.29, 1.82) is 0 Å². The highest BCUT2D eigenvalue weighted by atomic mass is 35.5. The minimum atomic E-state index is 0. The summed E-state index contributed by atoms with van der Waals surface area (Å²) in [7, 11) is 0. The summed E-state index contributed by atoms with van der Waals surface area (Å²) in [6.45, 7) is 1.96. The minimum absolute atomic E-state index is 0. The zero-order chi connectivity index (χ0) is 14.1. The topological polar surface area (TPSA) is 68.0 Å². The van der Waals surface area contributed by atoms with E-state index in [9.17, 15) is 4.79 Å². The number of aromatic nitrogens is 1. The average Bonchev–Trinajstić information content (AvgIpc) is 2.39. The fraction of sp³-hybridized carbons (Fsp3) is 0.625. The molecular formula is C16H25Cl2N3O. The van der Waals surface area contributed by atoms with Crippen molar-refractivity contribution in [2.75, 3.05) is 0 Å². The van der Waals surface area contributed by atoms with Crippen LogP contribution < -0.4 is 11.1 Å². The molecule has 2 aliphatic rings. The van der Waals surface area contributed by atoms with E-state index in [1.54, 1.807) is 12.4 Å². The van der Waals surface area contributed by atoms with Crippen LogP contribution in [0.15, 0.2) is 18.5 Å². The largest absolute Gasteiger partial charge is 0.349 e. The predicted molar refractivity (Wildman–Crippen MR) is 92.8 cm³/mol. The highest BCUT2D eigenvalue weighted by molar-refractivity contribution is 5.94. The Morgan fingerprint density at radius 3 is 2.45 bits per heavy atom. The number of nitrogens with one attached hydrogen (secondary N) is 1. The van der Waals surface area contributed by atoms with Crippen LogP contribution in [0.2, 0.25) is 0 Å². The number of hydrogen-bond acceptors (Lipinski definition) is 3. The molecule has 0 aromatic carbocycles. The zero-order valence-electron chi connectivity index (χ0n) is 12.8. The number of fused-ring (bicyclic) bond motifs is 2. The number of hydrogen-bond donors (Lipinski definition) is 2. The summed E-state index contributed by atoms with van der Waals surface area (Å²) in [6, 6.07) is 2.52. The van der Waals surface area contributed by atoms with Crippen molar-refractivity contribution >= 4 is 30.7 Å². The van der Waals surface area contributed by atoms with Gasteiger partial charge in [0.15, 0.2) is 0 Å².